The van der Waals surface area contributed by atoms with Crippen LogP contribution in [-0.2, 0) is 6.42 Å². The van der Waals surface area contributed by atoms with Gasteiger partial charge < -0.3 is 20.5 Å². The number of anilines is 1. The first-order valence-electron chi connectivity index (χ1n) is 9.72. The molecule has 1 unspecified atom stereocenters. The third-order valence-electron chi connectivity index (χ3n) is 5.21. The number of aromatic nitrogens is 2. The van der Waals surface area contributed by atoms with Crippen molar-refractivity contribution in [1.29, 1.82) is 0 Å². The number of pyridine rings is 1. The molecule has 3 N–H and O–H groups in total. The summed E-state index contributed by atoms with van der Waals surface area (Å²) in [5.41, 5.74) is 2.29. The van der Waals surface area contributed by atoms with Crippen LogP contribution in [-0.4, -0.2) is 48.7 Å². The molecule has 0 radical (unpaired) electrons. The van der Waals surface area contributed by atoms with Crippen molar-refractivity contribution in [1.82, 2.24) is 20.6 Å². The van der Waals surface area contributed by atoms with Crippen LogP contribution in [0.3, 0.4) is 0 Å². The van der Waals surface area contributed by atoms with E-state index in [0.717, 1.165) is 47.8 Å². The van der Waals surface area contributed by atoms with Gasteiger partial charge in [0.1, 0.15) is 0 Å². The summed E-state index contributed by atoms with van der Waals surface area (Å²) in [5.74, 6) is 0.878. The molecule has 0 amide bonds. The third-order valence-corrected chi connectivity index (χ3v) is 5.44. The van der Waals surface area contributed by atoms with Crippen LogP contribution in [0.15, 0.2) is 47.7 Å². The van der Waals surface area contributed by atoms with Crippen LogP contribution in [0, 0.1) is 5.82 Å². The number of hydrogen-bond acceptors (Lipinski definition) is 3. The van der Waals surface area contributed by atoms with Gasteiger partial charge in [-0.05, 0) is 48.7 Å². The standard InChI is InChI=1S/C21H24ClFN6/c1-24-21(26-9-6-14-12-27-19-5-4-15(22)11-17(14)19)28-16-7-10-29(13-16)20-18(23)3-2-8-25-20/h2-5,8,11-12,16,27H,6-7,9-10,13H2,1H3,(H2,24,26,28). The lowest BCUT2D eigenvalue weighted by Crippen LogP contribution is -2.45. The smallest absolute Gasteiger partial charge is 0.191 e. The van der Waals surface area contributed by atoms with Gasteiger partial charge in [-0.1, -0.05) is 11.6 Å². The molecule has 1 aliphatic rings. The number of guanidine groups is 1. The maximum atomic E-state index is 14.0. The third kappa shape index (κ3) is 4.45. The lowest BCUT2D eigenvalue weighted by molar-refractivity contribution is 0.612. The highest BCUT2D eigenvalue weighted by molar-refractivity contribution is 6.31. The molecule has 1 saturated heterocycles. The number of nitrogens with zero attached hydrogens (tertiary/aromatic N) is 3. The Bertz CT molecular complexity index is 1020. The number of aliphatic imine (C=N–C) groups is 1. The average Bonchev–Trinajstić information content (AvgIpc) is 3.34. The summed E-state index contributed by atoms with van der Waals surface area (Å²) in [6.45, 7) is 2.19. The van der Waals surface area contributed by atoms with Gasteiger partial charge in [0.25, 0.3) is 0 Å². The molecule has 1 fully saturated rings. The summed E-state index contributed by atoms with van der Waals surface area (Å²) >= 11 is 6.12. The maximum absolute atomic E-state index is 14.0. The van der Waals surface area contributed by atoms with Gasteiger partial charge in [0.2, 0.25) is 0 Å². The zero-order chi connectivity index (χ0) is 20.2. The first-order valence-corrected chi connectivity index (χ1v) is 10.1. The molecule has 4 rings (SSSR count). The Hall–Kier alpha value is -2.80. The SMILES string of the molecule is CN=C(NCCc1c[nH]c2ccc(Cl)cc12)NC1CCN(c2ncccc2F)C1. The number of nitrogens with one attached hydrogen (secondary N) is 3. The molecule has 3 heterocycles. The molecule has 1 aromatic carbocycles. The van der Waals surface area contributed by atoms with E-state index >= 15 is 0 Å². The quantitative estimate of drug-likeness (QED) is 0.442. The van der Waals surface area contributed by atoms with Crippen molar-refractivity contribution in [3.63, 3.8) is 0 Å². The number of rotatable bonds is 5. The van der Waals surface area contributed by atoms with E-state index in [-0.39, 0.29) is 11.9 Å². The second-order valence-corrected chi connectivity index (χ2v) is 7.57. The fourth-order valence-corrected chi connectivity index (χ4v) is 3.91. The zero-order valence-corrected chi connectivity index (χ0v) is 17.0. The summed E-state index contributed by atoms with van der Waals surface area (Å²) in [6.07, 6.45) is 5.39. The fraction of sp³-hybridized carbons (Fsp3) is 0.333. The number of H-pyrrole nitrogens is 1. The van der Waals surface area contributed by atoms with Crippen LogP contribution in [0.1, 0.15) is 12.0 Å². The number of hydrogen-bond donors (Lipinski definition) is 3. The van der Waals surface area contributed by atoms with Crippen molar-refractivity contribution in [3.05, 3.63) is 59.1 Å². The second-order valence-electron chi connectivity index (χ2n) is 7.14. The van der Waals surface area contributed by atoms with Crippen molar-refractivity contribution in [2.24, 2.45) is 4.99 Å². The van der Waals surface area contributed by atoms with E-state index in [1.165, 1.54) is 11.6 Å². The van der Waals surface area contributed by atoms with E-state index in [0.29, 0.717) is 12.4 Å². The molecule has 3 aromatic rings. The Morgan fingerprint density at radius 2 is 2.31 bits per heavy atom. The monoisotopic (exact) mass is 414 g/mol. The van der Waals surface area contributed by atoms with Gasteiger partial charge in [-0.2, -0.15) is 0 Å². The lowest BCUT2D eigenvalue weighted by atomic mass is 10.1. The van der Waals surface area contributed by atoms with Gasteiger partial charge in [-0.25, -0.2) is 9.37 Å². The first kappa shape index (κ1) is 19.5. The molecule has 6 nitrogen and oxygen atoms in total. The molecule has 152 valence electrons. The van der Waals surface area contributed by atoms with Gasteiger partial charge in [0.05, 0.1) is 0 Å². The van der Waals surface area contributed by atoms with Crippen LogP contribution in [0.5, 0.6) is 0 Å². The summed E-state index contributed by atoms with van der Waals surface area (Å²) < 4.78 is 14.0. The first-order chi connectivity index (χ1) is 14.1. The summed E-state index contributed by atoms with van der Waals surface area (Å²) in [6, 6.07) is 9.11. The predicted octanol–water partition coefficient (Wildman–Crippen LogP) is 3.34. The molecular weight excluding hydrogens is 391 g/mol. The highest BCUT2D eigenvalue weighted by Crippen LogP contribution is 2.23. The summed E-state index contributed by atoms with van der Waals surface area (Å²) in [5, 5.41) is 8.67. The number of benzene rings is 1. The molecule has 0 spiro atoms. The van der Waals surface area contributed by atoms with Crippen LogP contribution in [0.4, 0.5) is 10.2 Å². The molecule has 0 aliphatic carbocycles. The maximum Gasteiger partial charge on any atom is 0.191 e. The Morgan fingerprint density at radius 3 is 3.14 bits per heavy atom. The molecule has 1 aliphatic heterocycles. The Morgan fingerprint density at radius 1 is 1.41 bits per heavy atom. The average molecular weight is 415 g/mol. The predicted molar refractivity (Wildman–Crippen MR) is 116 cm³/mol. The van der Waals surface area contributed by atoms with Gasteiger partial charge in [0, 0.05) is 61.0 Å². The zero-order valence-electron chi connectivity index (χ0n) is 16.3. The molecular formula is C21H24ClFN6. The highest BCUT2D eigenvalue weighted by Gasteiger charge is 2.25. The minimum Gasteiger partial charge on any atom is -0.361 e. The highest BCUT2D eigenvalue weighted by atomic mass is 35.5. The summed E-state index contributed by atoms with van der Waals surface area (Å²) in [7, 11) is 1.76. The van der Waals surface area contributed by atoms with Gasteiger partial charge >= 0.3 is 0 Å². The Kier molecular flexibility index (Phi) is 5.85. The number of halogens is 2. The number of fused-ring (bicyclic) bond motifs is 1. The van der Waals surface area contributed by atoms with Crippen molar-refractivity contribution < 1.29 is 4.39 Å². The van der Waals surface area contributed by atoms with E-state index < -0.39 is 0 Å². The van der Waals surface area contributed by atoms with Gasteiger partial charge in [-0.15, -0.1) is 0 Å². The minimum atomic E-state index is -0.283. The van der Waals surface area contributed by atoms with Crippen molar-refractivity contribution in [3.8, 4) is 0 Å². The van der Waals surface area contributed by atoms with E-state index in [1.54, 1.807) is 19.3 Å². The Labute approximate surface area is 174 Å². The van der Waals surface area contributed by atoms with Gasteiger partial charge in [-0.3, -0.25) is 4.99 Å². The molecule has 29 heavy (non-hydrogen) atoms. The fourth-order valence-electron chi connectivity index (χ4n) is 3.74. The van der Waals surface area contributed by atoms with Crippen molar-refractivity contribution >= 4 is 34.3 Å². The van der Waals surface area contributed by atoms with Crippen LogP contribution < -0.4 is 15.5 Å². The van der Waals surface area contributed by atoms with E-state index in [4.69, 9.17) is 11.6 Å². The van der Waals surface area contributed by atoms with Crippen molar-refractivity contribution in [2.45, 2.75) is 18.9 Å². The molecule has 2 aromatic heterocycles. The lowest BCUT2D eigenvalue weighted by Gasteiger charge is -2.20. The normalized spacial score (nSPS) is 17.1. The van der Waals surface area contributed by atoms with Crippen LogP contribution in [0.2, 0.25) is 5.02 Å². The Balaban J connectivity index is 1.30. The van der Waals surface area contributed by atoms with E-state index in [1.807, 2.05) is 29.3 Å². The van der Waals surface area contributed by atoms with Gasteiger partial charge in [0.15, 0.2) is 17.6 Å². The number of aromatic amines is 1. The summed E-state index contributed by atoms with van der Waals surface area (Å²) in [4.78, 5) is 13.7. The minimum absolute atomic E-state index is 0.189. The molecule has 0 saturated carbocycles. The topological polar surface area (TPSA) is 68.3 Å². The van der Waals surface area contributed by atoms with Crippen LogP contribution in [0.25, 0.3) is 10.9 Å². The molecule has 0 bridgehead atoms. The molecule has 1 atom stereocenters. The van der Waals surface area contributed by atoms with E-state index in [2.05, 4.69) is 25.6 Å². The van der Waals surface area contributed by atoms with E-state index in [9.17, 15) is 4.39 Å². The van der Waals surface area contributed by atoms with Crippen LogP contribution >= 0.6 is 11.6 Å². The second kappa shape index (κ2) is 8.69. The van der Waals surface area contributed by atoms with Crippen molar-refractivity contribution in [2.75, 3.05) is 31.6 Å². The largest absolute Gasteiger partial charge is 0.361 e. The molecule has 8 heteroatoms.